The summed E-state index contributed by atoms with van der Waals surface area (Å²) in [5, 5.41) is 3.31. The molecule has 4 nitrogen and oxygen atoms in total. The molecule has 5 heteroatoms. The van der Waals surface area contributed by atoms with Gasteiger partial charge in [0.25, 0.3) is 0 Å². The van der Waals surface area contributed by atoms with Gasteiger partial charge in [0.05, 0.1) is 13.2 Å². The molecule has 1 heterocycles. The first kappa shape index (κ1) is 14.2. The Kier molecular flexibility index (Phi) is 5.57. The Bertz CT molecular complexity index is 496. The molecule has 102 valence electrons. The quantitative estimate of drug-likeness (QED) is 0.795. The number of methoxy groups -OCH3 is 1. The molecule has 0 amide bonds. The van der Waals surface area contributed by atoms with Crippen molar-refractivity contribution < 1.29 is 4.74 Å². The lowest BCUT2D eigenvalue weighted by Crippen LogP contribution is -2.21. The van der Waals surface area contributed by atoms with E-state index in [1.54, 1.807) is 7.11 Å². The monoisotopic (exact) mass is 323 g/mol. The van der Waals surface area contributed by atoms with Crippen LogP contribution in [0, 0.1) is 0 Å². The van der Waals surface area contributed by atoms with Crippen LogP contribution < -0.4 is 5.32 Å². The largest absolute Gasteiger partial charge is 0.383 e. The number of aromatic nitrogens is 2. The van der Waals surface area contributed by atoms with Crippen LogP contribution in [-0.4, -0.2) is 29.8 Å². The Labute approximate surface area is 121 Å². The highest BCUT2D eigenvalue weighted by atomic mass is 79.9. The minimum atomic E-state index is 0.716. The minimum absolute atomic E-state index is 0.716. The summed E-state index contributed by atoms with van der Waals surface area (Å²) in [6.45, 7) is 3.15. The third-order valence-corrected chi connectivity index (χ3v) is 3.36. The summed E-state index contributed by atoms with van der Waals surface area (Å²) in [5.41, 5.74) is 1.26. The van der Waals surface area contributed by atoms with Crippen molar-refractivity contribution in [2.45, 2.75) is 13.1 Å². The molecule has 0 spiro atoms. The van der Waals surface area contributed by atoms with Gasteiger partial charge in [-0.15, -0.1) is 0 Å². The smallest absolute Gasteiger partial charge is 0.122 e. The van der Waals surface area contributed by atoms with Crippen molar-refractivity contribution in [3.05, 3.63) is 52.5 Å². The molecule has 1 N–H and O–H groups in total. The lowest BCUT2D eigenvalue weighted by Gasteiger charge is -2.09. The third-order valence-electron chi connectivity index (χ3n) is 2.83. The van der Waals surface area contributed by atoms with Crippen molar-refractivity contribution in [2.75, 3.05) is 20.3 Å². The van der Waals surface area contributed by atoms with Gasteiger partial charge in [-0.1, -0.05) is 28.1 Å². The number of nitrogens with one attached hydrogen (secondary N) is 1. The predicted molar refractivity (Wildman–Crippen MR) is 79.1 cm³/mol. The van der Waals surface area contributed by atoms with Crippen molar-refractivity contribution in [3.8, 4) is 0 Å². The topological polar surface area (TPSA) is 39.1 Å². The molecule has 2 aromatic rings. The highest BCUT2D eigenvalue weighted by Crippen LogP contribution is 2.12. The standard InChI is InChI=1S/C14H18BrN3O/c1-19-9-7-16-10-14-17-6-8-18(14)11-12-2-4-13(15)5-3-12/h2-6,8,16H,7,9-11H2,1H3. The molecule has 0 aliphatic rings. The Morgan fingerprint density at radius 1 is 1.32 bits per heavy atom. The lowest BCUT2D eigenvalue weighted by atomic mass is 10.2. The van der Waals surface area contributed by atoms with Gasteiger partial charge >= 0.3 is 0 Å². The Balaban J connectivity index is 1.93. The van der Waals surface area contributed by atoms with Gasteiger partial charge in [-0.25, -0.2) is 4.98 Å². The average molecular weight is 324 g/mol. The molecule has 0 bridgehead atoms. The molecule has 0 saturated heterocycles. The summed E-state index contributed by atoms with van der Waals surface area (Å²) < 4.78 is 8.26. The first-order chi connectivity index (χ1) is 9.29. The molecule has 2 rings (SSSR count). The maximum atomic E-state index is 5.00. The van der Waals surface area contributed by atoms with Gasteiger partial charge < -0.3 is 14.6 Å². The molecule has 0 fully saturated rings. The second-order valence-electron chi connectivity index (χ2n) is 4.27. The normalized spacial score (nSPS) is 10.8. The number of imidazole rings is 1. The van der Waals surface area contributed by atoms with Crippen molar-refractivity contribution in [1.29, 1.82) is 0 Å². The zero-order valence-electron chi connectivity index (χ0n) is 11.0. The van der Waals surface area contributed by atoms with Gasteiger partial charge in [0, 0.05) is 37.1 Å². The summed E-state index contributed by atoms with van der Waals surface area (Å²) in [4.78, 5) is 4.38. The molecule has 0 atom stereocenters. The SMILES string of the molecule is COCCNCc1nccn1Cc1ccc(Br)cc1. The number of rotatable bonds is 7. The van der Waals surface area contributed by atoms with Crippen LogP contribution in [0.1, 0.15) is 11.4 Å². The fraction of sp³-hybridized carbons (Fsp3) is 0.357. The Hall–Kier alpha value is -1.17. The average Bonchev–Trinajstić information content (AvgIpc) is 2.85. The van der Waals surface area contributed by atoms with Crippen molar-refractivity contribution in [3.63, 3.8) is 0 Å². The van der Waals surface area contributed by atoms with E-state index < -0.39 is 0 Å². The molecule has 0 unspecified atom stereocenters. The third kappa shape index (κ3) is 4.45. The fourth-order valence-corrected chi connectivity index (χ4v) is 2.08. The minimum Gasteiger partial charge on any atom is -0.383 e. The van der Waals surface area contributed by atoms with E-state index in [1.807, 2.05) is 12.4 Å². The molecular formula is C14H18BrN3O. The van der Waals surface area contributed by atoms with Crippen LogP contribution in [0.4, 0.5) is 0 Å². The first-order valence-electron chi connectivity index (χ1n) is 6.23. The fourth-order valence-electron chi connectivity index (χ4n) is 1.81. The molecule has 1 aromatic heterocycles. The van der Waals surface area contributed by atoms with Gasteiger partial charge in [-0.05, 0) is 17.7 Å². The first-order valence-corrected chi connectivity index (χ1v) is 7.03. The highest BCUT2D eigenvalue weighted by molar-refractivity contribution is 9.10. The van der Waals surface area contributed by atoms with E-state index in [9.17, 15) is 0 Å². The van der Waals surface area contributed by atoms with Crippen LogP contribution in [0.25, 0.3) is 0 Å². The van der Waals surface area contributed by atoms with E-state index in [4.69, 9.17) is 4.74 Å². The lowest BCUT2D eigenvalue weighted by molar-refractivity contribution is 0.199. The van der Waals surface area contributed by atoms with E-state index in [0.717, 1.165) is 29.9 Å². The summed E-state index contributed by atoms with van der Waals surface area (Å²) >= 11 is 3.45. The molecule has 1 aromatic carbocycles. The van der Waals surface area contributed by atoms with E-state index >= 15 is 0 Å². The molecule has 0 radical (unpaired) electrons. The van der Waals surface area contributed by atoms with Crippen LogP contribution in [0.15, 0.2) is 41.1 Å². The van der Waals surface area contributed by atoms with Gasteiger partial charge in [0.15, 0.2) is 0 Å². The summed E-state index contributed by atoms with van der Waals surface area (Å²) in [5.74, 6) is 1.04. The van der Waals surface area contributed by atoms with Crippen molar-refractivity contribution in [2.24, 2.45) is 0 Å². The van der Waals surface area contributed by atoms with Crippen molar-refractivity contribution in [1.82, 2.24) is 14.9 Å². The van der Waals surface area contributed by atoms with Crippen LogP contribution in [-0.2, 0) is 17.8 Å². The van der Waals surface area contributed by atoms with Crippen LogP contribution in [0.2, 0.25) is 0 Å². The van der Waals surface area contributed by atoms with Crippen molar-refractivity contribution >= 4 is 15.9 Å². The second-order valence-corrected chi connectivity index (χ2v) is 5.18. The van der Waals surface area contributed by atoms with Crippen LogP contribution in [0.3, 0.4) is 0 Å². The van der Waals surface area contributed by atoms with E-state index in [2.05, 4.69) is 55.1 Å². The van der Waals surface area contributed by atoms with Gasteiger partial charge in [-0.2, -0.15) is 0 Å². The summed E-state index contributed by atoms with van der Waals surface area (Å²) in [6, 6.07) is 8.35. The number of benzene rings is 1. The summed E-state index contributed by atoms with van der Waals surface area (Å²) in [6.07, 6.45) is 3.85. The van der Waals surface area contributed by atoms with Crippen LogP contribution in [0.5, 0.6) is 0 Å². The summed E-state index contributed by atoms with van der Waals surface area (Å²) in [7, 11) is 1.70. The number of hydrogen-bond donors (Lipinski definition) is 1. The second kappa shape index (κ2) is 7.43. The molecule has 0 aliphatic heterocycles. The molecule has 0 saturated carbocycles. The zero-order chi connectivity index (χ0) is 13.5. The number of halogens is 1. The maximum absolute atomic E-state index is 5.00. The predicted octanol–water partition coefficient (Wildman–Crippen LogP) is 2.43. The Morgan fingerprint density at radius 3 is 2.84 bits per heavy atom. The molecule has 0 aliphatic carbocycles. The number of ether oxygens (including phenoxy) is 1. The molecule has 19 heavy (non-hydrogen) atoms. The number of hydrogen-bond acceptors (Lipinski definition) is 3. The zero-order valence-corrected chi connectivity index (χ0v) is 12.6. The van der Waals surface area contributed by atoms with Gasteiger partial charge in [0.2, 0.25) is 0 Å². The highest BCUT2D eigenvalue weighted by Gasteiger charge is 2.03. The molecular weight excluding hydrogens is 306 g/mol. The van der Waals surface area contributed by atoms with E-state index in [-0.39, 0.29) is 0 Å². The van der Waals surface area contributed by atoms with Gasteiger partial charge in [-0.3, -0.25) is 0 Å². The van der Waals surface area contributed by atoms with E-state index in [0.29, 0.717) is 6.61 Å². The van der Waals surface area contributed by atoms with Crippen LogP contribution >= 0.6 is 15.9 Å². The van der Waals surface area contributed by atoms with Gasteiger partial charge in [0.1, 0.15) is 5.82 Å². The maximum Gasteiger partial charge on any atom is 0.122 e. The Morgan fingerprint density at radius 2 is 2.11 bits per heavy atom. The number of nitrogens with zero attached hydrogens (tertiary/aromatic N) is 2. The van der Waals surface area contributed by atoms with E-state index in [1.165, 1.54) is 5.56 Å².